The van der Waals surface area contributed by atoms with E-state index >= 15 is 0 Å². The van der Waals surface area contributed by atoms with Gasteiger partial charge < -0.3 is 4.57 Å². The van der Waals surface area contributed by atoms with Crippen LogP contribution < -0.4 is 0 Å². The van der Waals surface area contributed by atoms with Gasteiger partial charge in [0.15, 0.2) is 0 Å². The maximum Gasteiger partial charge on any atom is 0.138 e. The van der Waals surface area contributed by atoms with E-state index in [2.05, 4.69) is 9.55 Å². The van der Waals surface area contributed by atoms with Crippen molar-refractivity contribution in [1.29, 1.82) is 0 Å². The fourth-order valence-electron chi connectivity index (χ4n) is 2.81. The van der Waals surface area contributed by atoms with Crippen molar-refractivity contribution in [3.8, 4) is 0 Å². The molecular weight excluding hydrogens is 426 g/mol. The fourth-order valence-corrected chi connectivity index (χ4v) is 4.69. The van der Waals surface area contributed by atoms with Gasteiger partial charge in [0.25, 0.3) is 0 Å². The van der Waals surface area contributed by atoms with Gasteiger partial charge in [-0.25, -0.2) is 9.37 Å². The topological polar surface area (TPSA) is 34.9 Å². The zero-order valence-corrected chi connectivity index (χ0v) is 15.2. The monoisotopic (exact) mass is 440 g/mol. The summed E-state index contributed by atoms with van der Waals surface area (Å²) in [5, 5.41) is -0.245. The largest absolute Gasteiger partial charge is 0.323 e. The molecule has 0 aliphatic carbocycles. The highest BCUT2D eigenvalue weighted by Gasteiger charge is 2.26. The molecule has 0 saturated carbocycles. The van der Waals surface area contributed by atoms with E-state index in [1.54, 1.807) is 12.1 Å². The van der Waals surface area contributed by atoms with E-state index in [9.17, 15) is 8.60 Å². The standard InChI is InChI=1S/C14H15ClFIN2OS/c1-8(15)14-18-12-7-11(17)10(16)6-13(12)19(14)9-2-4-21(20)5-3-9/h6-9H,2-5H2,1H3. The van der Waals surface area contributed by atoms with E-state index in [0.717, 1.165) is 29.7 Å². The van der Waals surface area contributed by atoms with Gasteiger partial charge in [0.1, 0.15) is 11.6 Å². The molecule has 7 heteroatoms. The van der Waals surface area contributed by atoms with E-state index in [0.29, 0.717) is 15.1 Å². The number of hydrogen-bond donors (Lipinski definition) is 0. The molecule has 1 fully saturated rings. The van der Waals surface area contributed by atoms with Gasteiger partial charge >= 0.3 is 0 Å². The van der Waals surface area contributed by atoms with E-state index in [-0.39, 0.29) is 17.2 Å². The molecule has 1 atom stereocenters. The van der Waals surface area contributed by atoms with Crippen LogP contribution in [0.5, 0.6) is 0 Å². The lowest BCUT2D eigenvalue weighted by atomic mass is 10.1. The summed E-state index contributed by atoms with van der Waals surface area (Å²) >= 11 is 8.24. The predicted octanol–water partition coefficient (Wildman–Crippen LogP) is 4.16. The zero-order valence-electron chi connectivity index (χ0n) is 11.5. The first-order valence-corrected chi connectivity index (χ1v) is 9.83. The summed E-state index contributed by atoms with van der Waals surface area (Å²) in [6.07, 6.45) is 1.64. The highest BCUT2D eigenvalue weighted by atomic mass is 127. The van der Waals surface area contributed by atoms with Crippen LogP contribution in [-0.4, -0.2) is 25.3 Å². The van der Waals surface area contributed by atoms with Crippen LogP contribution in [0.25, 0.3) is 11.0 Å². The summed E-state index contributed by atoms with van der Waals surface area (Å²) in [7, 11) is -0.724. The summed E-state index contributed by atoms with van der Waals surface area (Å²) < 4.78 is 28.1. The van der Waals surface area contributed by atoms with Gasteiger partial charge in [-0.05, 0) is 48.4 Å². The van der Waals surface area contributed by atoms with Crippen LogP contribution in [0.2, 0.25) is 0 Å². The molecule has 1 aromatic heterocycles. The molecule has 1 aliphatic rings. The van der Waals surface area contributed by atoms with Crippen LogP contribution >= 0.6 is 34.2 Å². The van der Waals surface area contributed by atoms with E-state index in [1.807, 2.05) is 29.5 Å². The van der Waals surface area contributed by atoms with Gasteiger partial charge in [0.05, 0.1) is 20.0 Å². The van der Waals surface area contributed by atoms with Crippen molar-refractivity contribution in [1.82, 2.24) is 9.55 Å². The molecule has 3 rings (SSSR count). The van der Waals surface area contributed by atoms with Crippen LogP contribution in [0.4, 0.5) is 4.39 Å². The fraction of sp³-hybridized carbons (Fsp3) is 0.500. The van der Waals surface area contributed by atoms with Gasteiger partial charge in [0, 0.05) is 34.4 Å². The molecule has 1 saturated heterocycles. The molecule has 114 valence electrons. The second-order valence-electron chi connectivity index (χ2n) is 5.29. The zero-order chi connectivity index (χ0) is 15.1. The van der Waals surface area contributed by atoms with Crippen molar-refractivity contribution in [2.45, 2.75) is 31.2 Å². The van der Waals surface area contributed by atoms with Crippen molar-refractivity contribution in [2.24, 2.45) is 0 Å². The SMILES string of the molecule is CC(Cl)c1nc2cc(I)c(F)cc2n1C1CCS(=O)CC1. The van der Waals surface area contributed by atoms with Gasteiger partial charge in [-0.2, -0.15) is 0 Å². The lowest BCUT2D eigenvalue weighted by Crippen LogP contribution is -2.23. The third-order valence-electron chi connectivity index (χ3n) is 3.84. The summed E-state index contributed by atoms with van der Waals surface area (Å²) in [5.41, 5.74) is 1.56. The van der Waals surface area contributed by atoms with Crippen LogP contribution in [-0.2, 0) is 10.8 Å². The minimum absolute atomic E-state index is 0.198. The Hall–Kier alpha value is -0.210. The molecule has 2 heterocycles. The van der Waals surface area contributed by atoms with Crippen molar-refractivity contribution in [3.05, 3.63) is 27.3 Å². The molecule has 1 aliphatic heterocycles. The summed E-state index contributed by atoms with van der Waals surface area (Å²) in [6, 6.07) is 3.49. The van der Waals surface area contributed by atoms with Crippen LogP contribution in [0.3, 0.4) is 0 Å². The number of benzene rings is 1. The van der Waals surface area contributed by atoms with E-state index in [4.69, 9.17) is 11.6 Å². The Balaban J connectivity index is 2.16. The first kappa shape index (κ1) is 15.7. The molecule has 21 heavy (non-hydrogen) atoms. The lowest BCUT2D eigenvalue weighted by molar-refractivity contribution is 0.457. The van der Waals surface area contributed by atoms with E-state index in [1.165, 1.54) is 0 Å². The molecule has 0 spiro atoms. The maximum absolute atomic E-state index is 13.9. The molecule has 0 N–H and O–H groups in total. The minimum Gasteiger partial charge on any atom is -0.323 e. The normalized spacial score (nSPS) is 24.4. The van der Waals surface area contributed by atoms with Crippen molar-refractivity contribution in [3.63, 3.8) is 0 Å². The molecular formula is C14H15ClFIN2OS. The molecule has 1 unspecified atom stereocenters. The van der Waals surface area contributed by atoms with Gasteiger partial charge in [-0.15, -0.1) is 11.6 Å². The molecule has 2 aromatic rings. The number of fused-ring (bicyclic) bond motifs is 1. The Morgan fingerprint density at radius 3 is 2.76 bits per heavy atom. The highest BCUT2D eigenvalue weighted by Crippen LogP contribution is 2.34. The van der Waals surface area contributed by atoms with Crippen LogP contribution in [0.1, 0.15) is 37.0 Å². The molecule has 3 nitrogen and oxygen atoms in total. The Bertz CT molecular complexity index is 709. The Morgan fingerprint density at radius 2 is 2.14 bits per heavy atom. The smallest absolute Gasteiger partial charge is 0.138 e. The Morgan fingerprint density at radius 1 is 1.48 bits per heavy atom. The number of halogens is 3. The number of alkyl halides is 1. The molecule has 1 aromatic carbocycles. The Labute approximate surface area is 143 Å². The quantitative estimate of drug-likeness (QED) is 0.519. The summed E-state index contributed by atoms with van der Waals surface area (Å²) in [6.45, 7) is 1.88. The van der Waals surface area contributed by atoms with E-state index < -0.39 is 10.8 Å². The lowest BCUT2D eigenvalue weighted by Gasteiger charge is -2.25. The molecule has 0 radical (unpaired) electrons. The third-order valence-corrected chi connectivity index (χ3v) is 6.24. The summed E-state index contributed by atoms with van der Waals surface area (Å²) in [5.74, 6) is 1.91. The minimum atomic E-state index is -0.724. The van der Waals surface area contributed by atoms with Crippen molar-refractivity contribution in [2.75, 3.05) is 11.5 Å². The average Bonchev–Trinajstić information content (AvgIpc) is 2.79. The number of rotatable bonds is 2. The van der Waals surface area contributed by atoms with Crippen molar-refractivity contribution < 1.29 is 8.60 Å². The first-order valence-electron chi connectivity index (χ1n) is 6.83. The average molecular weight is 441 g/mol. The van der Waals surface area contributed by atoms with Crippen molar-refractivity contribution >= 4 is 56.0 Å². The number of hydrogen-bond acceptors (Lipinski definition) is 2. The number of aromatic nitrogens is 2. The third kappa shape index (κ3) is 2.99. The summed E-state index contributed by atoms with van der Waals surface area (Å²) in [4.78, 5) is 4.59. The number of nitrogens with zero attached hydrogens (tertiary/aromatic N) is 2. The Kier molecular flexibility index (Phi) is 4.57. The maximum atomic E-state index is 13.9. The van der Waals surface area contributed by atoms with Gasteiger partial charge in [-0.1, -0.05) is 0 Å². The van der Waals surface area contributed by atoms with Crippen LogP contribution in [0.15, 0.2) is 12.1 Å². The molecule has 0 amide bonds. The van der Waals surface area contributed by atoms with Crippen LogP contribution in [0, 0.1) is 9.39 Å². The first-order chi connectivity index (χ1) is 9.97. The predicted molar refractivity (Wildman–Crippen MR) is 92.8 cm³/mol. The second-order valence-corrected chi connectivity index (χ2v) is 8.80. The highest BCUT2D eigenvalue weighted by molar-refractivity contribution is 14.1. The second kappa shape index (κ2) is 6.12. The number of imidazole rings is 1. The van der Waals surface area contributed by atoms with Gasteiger partial charge in [-0.3, -0.25) is 4.21 Å². The molecule has 0 bridgehead atoms. The van der Waals surface area contributed by atoms with Gasteiger partial charge in [0.2, 0.25) is 0 Å².